The van der Waals surface area contributed by atoms with E-state index in [1.807, 2.05) is 0 Å². The van der Waals surface area contributed by atoms with Crippen LogP contribution in [0.2, 0.25) is 0 Å². The first kappa shape index (κ1) is 26.6. The van der Waals surface area contributed by atoms with Gasteiger partial charge in [-0.2, -0.15) is 20.2 Å². The first-order valence-corrected chi connectivity index (χ1v) is 10.8. The Hall–Kier alpha value is 1.37. The third-order valence-corrected chi connectivity index (χ3v) is 5.29. The summed E-state index contributed by atoms with van der Waals surface area (Å²) < 4.78 is 30.5. The number of nitrogens with one attached hydrogen (secondary N) is 1. The molecule has 0 saturated carbocycles. The fraction of sp³-hybridized carbons (Fsp3) is 0.933. The van der Waals surface area contributed by atoms with Gasteiger partial charge in [-0.05, 0) is 26.0 Å². The van der Waals surface area contributed by atoms with Crippen LogP contribution in [0.3, 0.4) is 0 Å². The third kappa shape index (κ3) is 19.5. The molecule has 0 aliphatic carbocycles. The molecule has 0 unspecified atom stereocenters. The first-order valence-electron chi connectivity index (χ1n) is 8.00. The van der Waals surface area contributed by atoms with Crippen molar-refractivity contribution in [3.8, 4) is 0 Å². The zero-order valence-electron chi connectivity index (χ0n) is 16.1. The molecule has 0 aliphatic rings. The van der Waals surface area contributed by atoms with Crippen LogP contribution in [0.15, 0.2) is 0 Å². The van der Waals surface area contributed by atoms with Crippen molar-refractivity contribution in [3.63, 3.8) is 0 Å². The van der Waals surface area contributed by atoms with E-state index in [4.69, 9.17) is 4.55 Å². The third-order valence-electron chi connectivity index (χ3n) is 3.14. The van der Waals surface area contributed by atoms with Gasteiger partial charge in [-0.1, -0.05) is 39.0 Å². The van der Waals surface area contributed by atoms with E-state index in [0.29, 0.717) is 6.42 Å². The zero-order valence-corrected chi connectivity index (χ0v) is 19.8. The molecule has 0 saturated heterocycles. The van der Waals surface area contributed by atoms with Crippen LogP contribution in [-0.4, -0.2) is 41.7 Å². The average Bonchev–Trinajstić information content (AvgIpc) is 2.33. The van der Waals surface area contributed by atoms with Crippen molar-refractivity contribution in [2.75, 3.05) is 17.3 Å². The van der Waals surface area contributed by atoms with Gasteiger partial charge in [0.25, 0.3) is 10.1 Å². The van der Waals surface area contributed by atoms with Crippen LogP contribution in [0.5, 0.6) is 0 Å². The zero-order chi connectivity index (χ0) is 17.1. The molecule has 0 spiro atoms. The molecule has 5 nitrogen and oxygen atoms in total. The smallest absolute Gasteiger partial charge is 1.00 e. The summed E-state index contributed by atoms with van der Waals surface area (Å²) >= 11 is 1.76. The minimum Gasteiger partial charge on any atom is -1.00 e. The molecular weight excluding hydrogens is 361 g/mol. The molecule has 0 aliphatic heterocycles. The van der Waals surface area contributed by atoms with E-state index in [2.05, 4.69) is 12.2 Å². The molecule has 0 radical (unpaired) electrons. The van der Waals surface area contributed by atoms with E-state index in [9.17, 15) is 13.2 Å². The quantitative estimate of drug-likeness (QED) is 0.268. The maximum Gasteiger partial charge on any atom is 1.00 e. The molecule has 2 N–H and O–H groups in total. The maximum absolute atomic E-state index is 11.8. The molecule has 1 amide bonds. The van der Waals surface area contributed by atoms with Gasteiger partial charge in [-0.25, -0.2) is 0 Å². The van der Waals surface area contributed by atoms with Gasteiger partial charge in [-0.15, -0.1) is 0 Å². The van der Waals surface area contributed by atoms with E-state index >= 15 is 0 Å². The van der Waals surface area contributed by atoms with Crippen molar-refractivity contribution in [2.45, 2.75) is 71.3 Å². The molecule has 23 heavy (non-hydrogen) atoms. The first-order chi connectivity index (χ1) is 10.2. The Bertz CT molecular complexity index is 420. The van der Waals surface area contributed by atoms with E-state index in [0.717, 1.165) is 11.5 Å². The topological polar surface area (TPSA) is 83.5 Å². The van der Waals surface area contributed by atoms with E-state index < -0.39 is 21.4 Å². The Morgan fingerprint density at radius 1 is 1.13 bits per heavy atom. The van der Waals surface area contributed by atoms with Gasteiger partial charge >= 0.3 is 51.4 Å². The van der Waals surface area contributed by atoms with Gasteiger partial charge in [0.15, 0.2) is 0 Å². The molecule has 0 aromatic heterocycles. The van der Waals surface area contributed by atoms with Crippen LogP contribution >= 0.6 is 11.8 Å². The molecule has 8 heteroatoms. The van der Waals surface area contributed by atoms with Gasteiger partial charge in [0, 0.05) is 12.2 Å². The Kier molecular flexibility index (Phi) is 16.8. The normalized spacial score (nSPS) is 11.8. The molecule has 0 aromatic rings. The van der Waals surface area contributed by atoms with Crippen LogP contribution < -0.4 is 56.7 Å². The van der Waals surface area contributed by atoms with Gasteiger partial charge in [0.1, 0.15) is 0 Å². The van der Waals surface area contributed by atoms with Crippen LogP contribution in [0.4, 0.5) is 0 Å². The van der Waals surface area contributed by atoms with Crippen LogP contribution in [-0.2, 0) is 14.9 Å². The maximum atomic E-state index is 11.8. The van der Waals surface area contributed by atoms with Gasteiger partial charge in [0.2, 0.25) is 5.91 Å². The molecule has 0 bridgehead atoms. The molecule has 0 fully saturated rings. The molecule has 0 rings (SSSR count). The number of hydrogen-bond acceptors (Lipinski definition) is 4. The van der Waals surface area contributed by atoms with Crippen molar-refractivity contribution in [1.29, 1.82) is 0 Å². The second-order valence-corrected chi connectivity index (χ2v) is 8.97. The van der Waals surface area contributed by atoms with E-state index in [1.54, 1.807) is 25.6 Å². The SMILES string of the molecule is CCCCCCCCSCCC(=O)NC(C)(C)CS(=O)(=O)O.[H-].[K+]. The predicted molar refractivity (Wildman–Crippen MR) is 95.1 cm³/mol. The van der Waals surface area contributed by atoms with E-state index in [-0.39, 0.29) is 58.7 Å². The van der Waals surface area contributed by atoms with Gasteiger partial charge in [-0.3, -0.25) is 9.35 Å². The van der Waals surface area contributed by atoms with Crippen LogP contribution in [0, 0.1) is 0 Å². The summed E-state index contributed by atoms with van der Waals surface area (Å²) in [4.78, 5) is 11.8. The fourth-order valence-corrected chi connectivity index (χ4v) is 4.11. The number of hydrogen-bond donors (Lipinski definition) is 2. The van der Waals surface area contributed by atoms with Gasteiger partial charge < -0.3 is 6.74 Å². The summed E-state index contributed by atoms with van der Waals surface area (Å²) in [5.41, 5.74) is -0.950. The molecule has 0 aromatic carbocycles. The summed E-state index contributed by atoms with van der Waals surface area (Å²) in [5, 5.41) is 2.65. The molecule has 134 valence electrons. The summed E-state index contributed by atoms with van der Waals surface area (Å²) in [6.07, 6.45) is 7.98. The van der Waals surface area contributed by atoms with Crippen molar-refractivity contribution in [2.24, 2.45) is 0 Å². The fourth-order valence-electron chi connectivity index (χ4n) is 2.18. The minimum atomic E-state index is -4.09. The monoisotopic (exact) mass is 393 g/mol. The largest absolute Gasteiger partial charge is 1.00 e. The number of carbonyl (C=O) groups excluding carboxylic acids is 1. The van der Waals surface area contributed by atoms with Crippen LogP contribution in [0.25, 0.3) is 0 Å². The molecular formula is C15H32KNO4S2. The standard InChI is InChI=1S/C15H31NO4S2.K.H/c1-4-5-6-7-8-9-11-21-12-10-14(17)16-15(2,3)13-22(18,19)20;;/h4-13H2,1-3H3,(H,16,17)(H,18,19,20);;/q;+1;-1. The molecule has 0 heterocycles. The Balaban J connectivity index is -0.00000220. The number of unbranched alkanes of at least 4 members (excludes halogenated alkanes) is 5. The average molecular weight is 394 g/mol. The Morgan fingerprint density at radius 2 is 1.70 bits per heavy atom. The minimum absolute atomic E-state index is 0. The van der Waals surface area contributed by atoms with E-state index in [1.165, 1.54) is 38.5 Å². The second kappa shape index (κ2) is 14.5. The number of amides is 1. The summed E-state index contributed by atoms with van der Waals surface area (Å²) in [6, 6.07) is 0. The Labute approximate surface area is 190 Å². The second-order valence-electron chi connectivity index (χ2n) is 6.29. The Morgan fingerprint density at radius 3 is 2.26 bits per heavy atom. The summed E-state index contributed by atoms with van der Waals surface area (Å²) in [6.45, 7) is 5.38. The number of rotatable bonds is 13. The van der Waals surface area contributed by atoms with Crippen molar-refractivity contribution >= 4 is 27.8 Å². The predicted octanol–water partition coefficient (Wildman–Crippen LogP) is 0.369. The van der Waals surface area contributed by atoms with Gasteiger partial charge in [0.05, 0.1) is 11.3 Å². The number of carbonyl (C=O) groups is 1. The molecule has 0 atom stereocenters. The van der Waals surface area contributed by atoms with Crippen molar-refractivity contribution < 1.29 is 70.6 Å². The van der Waals surface area contributed by atoms with Crippen LogP contribution in [0.1, 0.15) is 67.1 Å². The summed E-state index contributed by atoms with van der Waals surface area (Å²) in [7, 11) is -4.09. The number of thioether (sulfide) groups is 1. The summed E-state index contributed by atoms with van der Waals surface area (Å²) in [5.74, 6) is 1.15. The van der Waals surface area contributed by atoms with Crippen molar-refractivity contribution in [3.05, 3.63) is 0 Å². The van der Waals surface area contributed by atoms with Crippen molar-refractivity contribution in [1.82, 2.24) is 5.32 Å².